The van der Waals surface area contributed by atoms with E-state index in [1.807, 2.05) is 76.3 Å². The lowest BCUT2D eigenvalue weighted by molar-refractivity contribution is -0.150. The van der Waals surface area contributed by atoms with Crippen LogP contribution in [0, 0.1) is 11.3 Å². The fraction of sp³-hybridized carbons (Fsp3) is 0.500. The predicted molar refractivity (Wildman–Crippen MR) is 213 cm³/mol. The van der Waals surface area contributed by atoms with Crippen LogP contribution in [-0.4, -0.2) is 90.8 Å². The Hall–Kier alpha value is -4.85. The van der Waals surface area contributed by atoms with Gasteiger partial charge in [-0.05, 0) is 80.1 Å². The third kappa shape index (κ3) is 17.9. The van der Waals surface area contributed by atoms with Crippen LogP contribution in [0.25, 0.3) is 0 Å². The summed E-state index contributed by atoms with van der Waals surface area (Å²) in [5.74, 6) is -2.67. The molecule has 0 saturated heterocycles. The quantitative estimate of drug-likeness (QED) is 0.0362. The number of carbonyl (C=O) groups excluding carboxylic acids is 3. The molecular formula is C42H60N4O9. The van der Waals surface area contributed by atoms with Crippen LogP contribution in [0.3, 0.4) is 0 Å². The second-order valence-electron chi connectivity index (χ2n) is 14.7. The minimum Gasteiger partial charge on any atom is -0.478 e. The molecule has 0 unspecified atom stereocenters. The maximum absolute atomic E-state index is 12.8. The molecule has 0 spiro atoms. The molecule has 55 heavy (non-hydrogen) atoms. The van der Waals surface area contributed by atoms with Gasteiger partial charge in [0, 0.05) is 18.7 Å². The van der Waals surface area contributed by atoms with Crippen molar-refractivity contribution in [2.75, 3.05) is 33.0 Å². The first-order valence-electron chi connectivity index (χ1n) is 18.6. The molecule has 6 N–H and O–H groups in total. The monoisotopic (exact) mass is 764 g/mol. The van der Waals surface area contributed by atoms with Crippen molar-refractivity contribution in [2.45, 2.75) is 92.3 Å². The Balaban J connectivity index is 1.76. The minimum absolute atomic E-state index is 0.0619. The van der Waals surface area contributed by atoms with Crippen molar-refractivity contribution in [3.8, 4) is 0 Å². The van der Waals surface area contributed by atoms with E-state index in [4.69, 9.17) is 25.2 Å². The highest BCUT2D eigenvalue weighted by molar-refractivity contribution is 6.01. The molecule has 13 nitrogen and oxygen atoms in total. The van der Waals surface area contributed by atoms with Crippen LogP contribution < -0.4 is 16.4 Å². The molecule has 13 heteroatoms. The fourth-order valence-corrected chi connectivity index (χ4v) is 5.77. The average Bonchev–Trinajstić information content (AvgIpc) is 3.11. The normalized spacial score (nSPS) is 17.4. The van der Waals surface area contributed by atoms with Crippen molar-refractivity contribution in [2.24, 2.45) is 22.2 Å². The third-order valence-corrected chi connectivity index (χ3v) is 8.84. The Kier molecular flexibility index (Phi) is 20.1. The zero-order valence-electron chi connectivity index (χ0n) is 33.3. The molecule has 2 amide bonds. The number of nitrogens with zero attached hydrogens (tertiary/aromatic N) is 1. The van der Waals surface area contributed by atoms with Gasteiger partial charge in [-0.3, -0.25) is 9.59 Å². The number of hydrogen-bond donors (Lipinski definition) is 5. The number of aliphatic carboxylic acids is 1. The van der Waals surface area contributed by atoms with Crippen LogP contribution in [0.1, 0.15) is 73.3 Å². The van der Waals surface area contributed by atoms with Crippen molar-refractivity contribution in [1.82, 2.24) is 10.6 Å². The first-order chi connectivity index (χ1) is 26.0. The van der Waals surface area contributed by atoms with Crippen molar-refractivity contribution in [3.63, 3.8) is 0 Å². The number of carboxylic acid groups (broad SMARTS) is 1. The number of aliphatic hydroxyl groups is 1. The van der Waals surface area contributed by atoms with Crippen molar-refractivity contribution >= 4 is 29.5 Å². The second-order valence-corrected chi connectivity index (χ2v) is 14.7. The SMILES string of the molecule is CC1=C(/C=C/C(C)=C/C=C/C(C)=C/C(=O)O)C(C)(C)CC/C1=N\OCC(=O)NCCOCCOC(=O)[C@H](CC(C)C)NC(=O)[C@@H](O)[C@H](N)Cc1ccccc1. The molecule has 1 aromatic carbocycles. The number of aliphatic hydroxyl groups excluding tert-OH is 1. The number of esters is 1. The van der Waals surface area contributed by atoms with E-state index < -0.39 is 36.0 Å². The van der Waals surface area contributed by atoms with Gasteiger partial charge in [0.1, 0.15) is 18.8 Å². The van der Waals surface area contributed by atoms with E-state index >= 15 is 0 Å². The fourth-order valence-electron chi connectivity index (χ4n) is 5.77. The van der Waals surface area contributed by atoms with Crippen molar-refractivity contribution < 1.29 is 43.7 Å². The minimum atomic E-state index is -1.50. The number of rotatable bonds is 22. The lowest BCUT2D eigenvalue weighted by Crippen LogP contribution is -2.52. The zero-order valence-corrected chi connectivity index (χ0v) is 33.3. The van der Waals surface area contributed by atoms with Crippen molar-refractivity contribution in [1.29, 1.82) is 0 Å². The van der Waals surface area contributed by atoms with E-state index in [1.54, 1.807) is 13.0 Å². The number of nitrogens with one attached hydrogen (secondary N) is 2. The predicted octanol–water partition coefficient (Wildman–Crippen LogP) is 4.72. The lowest BCUT2D eigenvalue weighted by Gasteiger charge is -2.33. The highest BCUT2D eigenvalue weighted by Gasteiger charge is 2.31. The van der Waals surface area contributed by atoms with Gasteiger partial charge in [-0.25, -0.2) is 9.59 Å². The Morgan fingerprint density at radius 1 is 1.04 bits per heavy atom. The topological polar surface area (TPSA) is 199 Å². The summed E-state index contributed by atoms with van der Waals surface area (Å²) in [6.07, 6.45) is 11.3. The highest BCUT2D eigenvalue weighted by atomic mass is 16.6. The number of carbonyl (C=O) groups is 4. The standard InChI is InChI=1S/C42H60N4O9/c1-28(2)24-36(45-40(51)39(50)34(43)26-32-14-9-8-10-15-32)41(52)54-23-22-53-21-20-44-37(47)27-55-46-35-18-19-42(6,7)33(31(35)5)17-16-29(3)12-11-13-30(4)25-38(48)49/h8-17,25,28,34,36,39,50H,18-24,26-27,43H2,1-7H3,(H,44,47)(H,45,51)(H,48,49)/b13-11+,17-16+,29-12+,30-25+,46-35+/t34-,36+,39+/m1/s1. The molecule has 0 saturated carbocycles. The molecule has 2 rings (SSSR count). The van der Waals surface area contributed by atoms with E-state index in [9.17, 15) is 24.3 Å². The maximum Gasteiger partial charge on any atom is 0.328 e. The van der Waals surface area contributed by atoms with E-state index in [1.165, 1.54) is 0 Å². The molecule has 0 aliphatic heterocycles. The largest absolute Gasteiger partial charge is 0.478 e. The van der Waals surface area contributed by atoms with E-state index in [0.29, 0.717) is 24.8 Å². The number of hydrogen-bond acceptors (Lipinski definition) is 10. The van der Waals surface area contributed by atoms with Gasteiger partial charge in [-0.1, -0.05) is 99.1 Å². The first-order valence-corrected chi connectivity index (χ1v) is 18.6. The number of allylic oxidation sites excluding steroid dienone is 9. The number of amides is 2. The van der Waals surface area contributed by atoms with Gasteiger partial charge in [0.15, 0.2) is 6.61 Å². The van der Waals surface area contributed by atoms with Crippen molar-refractivity contribution in [3.05, 3.63) is 94.6 Å². The molecule has 0 aromatic heterocycles. The smallest absolute Gasteiger partial charge is 0.328 e. The molecule has 1 aromatic rings. The Labute approximate surface area is 325 Å². The molecule has 1 aliphatic carbocycles. The molecule has 1 aliphatic rings. The number of benzene rings is 1. The molecular weight excluding hydrogens is 704 g/mol. The van der Waals surface area contributed by atoms with Crippen LogP contribution >= 0.6 is 0 Å². The number of oxime groups is 1. The van der Waals surface area contributed by atoms with Gasteiger partial charge in [-0.2, -0.15) is 0 Å². The van der Waals surface area contributed by atoms with Gasteiger partial charge >= 0.3 is 11.9 Å². The molecule has 0 heterocycles. The number of carboxylic acids is 1. The second kappa shape index (κ2) is 23.8. The van der Waals surface area contributed by atoms with Crippen LogP contribution in [0.2, 0.25) is 0 Å². The summed E-state index contributed by atoms with van der Waals surface area (Å²) in [5.41, 5.74) is 11.4. The van der Waals surface area contributed by atoms with Gasteiger partial charge in [0.2, 0.25) is 0 Å². The summed E-state index contributed by atoms with van der Waals surface area (Å²) >= 11 is 0. The van der Waals surface area contributed by atoms with Gasteiger partial charge in [-0.15, -0.1) is 0 Å². The highest BCUT2D eigenvalue weighted by Crippen LogP contribution is 2.40. The summed E-state index contributed by atoms with van der Waals surface area (Å²) in [5, 5.41) is 28.9. The van der Waals surface area contributed by atoms with Crippen LogP contribution in [-0.2, 0) is 39.9 Å². The van der Waals surface area contributed by atoms with Gasteiger partial charge in [0.25, 0.3) is 11.8 Å². The molecule has 302 valence electrons. The number of nitrogens with two attached hydrogens (primary N) is 1. The van der Waals surface area contributed by atoms with Gasteiger partial charge < -0.3 is 40.9 Å². The van der Waals surface area contributed by atoms with Gasteiger partial charge in [0.05, 0.1) is 18.9 Å². The Morgan fingerprint density at radius 2 is 1.75 bits per heavy atom. The average molecular weight is 765 g/mol. The van der Waals surface area contributed by atoms with E-state index in [-0.39, 0.29) is 50.2 Å². The summed E-state index contributed by atoms with van der Waals surface area (Å²) in [4.78, 5) is 54.1. The number of ether oxygens (including phenoxy) is 2. The Morgan fingerprint density at radius 3 is 2.42 bits per heavy atom. The van der Waals surface area contributed by atoms with Crippen LogP contribution in [0.4, 0.5) is 0 Å². The van der Waals surface area contributed by atoms with Crippen LogP contribution in [0.5, 0.6) is 0 Å². The third-order valence-electron chi connectivity index (χ3n) is 8.84. The lowest BCUT2D eigenvalue weighted by atomic mass is 9.72. The van der Waals surface area contributed by atoms with E-state index in [0.717, 1.165) is 40.5 Å². The molecule has 0 radical (unpaired) electrons. The summed E-state index contributed by atoms with van der Waals surface area (Å²) < 4.78 is 10.8. The van der Waals surface area contributed by atoms with E-state index in [2.05, 4.69) is 35.7 Å². The molecule has 3 atom stereocenters. The molecule has 0 bridgehead atoms. The molecule has 0 fully saturated rings. The first kappa shape index (κ1) is 46.3. The zero-order chi connectivity index (χ0) is 41.0. The maximum atomic E-state index is 12.8. The summed E-state index contributed by atoms with van der Waals surface area (Å²) in [7, 11) is 0. The van der Waals surface area contributed by atoms with Crippen LogP contribution in [0.15, 0.2) is 94.2 Å². The summed E-state index contributed by atoms with van der Waals surface area (Å²) in [6, 6.07) is 7.46. The Bertz CT molecular complexity index is 1620. The summed E-state index contributed by atoms with van der Waals surface area (Å²) in [6.45, 7) is 14.0.